The molecule has 3 rings (SSSR count). The number of thioether (sulfide) groups is 1. The van der Waals surface area contributed by atoms with Crippen molar-refractivity contribution < 1.29 is 14.3 Å². The number of amides is 2. The summed E-state index contributed by atoms with van der Waals surface area (Å²) in [5, 5.41) is 3.01. The van der Waals surface area contributed by atoms with E-state index >= 15 is 0 Å². The Morgan fingerprint density at radius 1 is 1.27 bits per heavy atom. The first-order valence-electron chi connectivity index (χ1n) is 7.87. The molecule has 0 spiro atoms. The molecule has 0 bridgehead atoms. The van der Waals surface area contributed by atoms with Gasteiger partial charge in [-0.15, -0.1) is 0 Å². The minimum atomic E-state index is -0.375. The van der Waals surface area contributed by atoms with Crippen LogP contribution in [0.5, 0.6) is 5.75 Å². The highest BCUT2D eigenvalue weighted by Crippen LogP contribution is 2.29. The second-order valence-electron chi connectivity index (χ2n) is 5.61. The van der Waals surface area contributed by atoms with E-state index in [1.54, 1.807) is 24.3 Å². The van der Waals surface area contributed by atoms with Crippen LogP contribution < -0.4 is 15.8 Å². The van der Waals surface area contributed by atoms with Gasteiger partial charge in [-0.2, -0.15) is 4.99 Å². The Bertz CT molecular complexity index is 922. The number of nitrogens with one attached hydrogen (secondary N) is 1. The Kier molecular flexibility index (Phi) is 5.38. The van der Waals surface area contributed by atoms with Crippen molar-refractivity contribution in [1.82, 2.24) is 0 Å². The van der Waals surface area contributed by atoms with Gasteiger partial charge < -0.3 is 15.8 Å². The summed E-state index contributed by atoms with van der Waals surface area (Å²) >= 11 is 1.11. The molecule has 0 unspecified atom stereocenters. The van der Waals surface area contributed by atoms with Crippen LogP contribution >= 0.6 is 11.8 Å². The van der Waals surface area contributed by atoms with Crippen molar-refractivity contribution in [3.63, 3.8) is 0 Å². The Morgan fingerprint density at radius 2 is 2.08 bits per heavy atom. The lowest BCUT2D eigenvalue weighted by atomic mass is 10.2. The van der Waals surface area contributed by atoms with Gasteiger partial charge >= 0.3 is 0 Å². The van der Waals surface area contributed by atoms with E-state index in [4.69, 9.17) is 10.5 Å². The van der Waals surface area contributed by atoms with Gasteiger partial charge in [-0.05, 0) is 48.5 Å². The first kappa shape index (κ1) is 17.8. The van der Waals surface area contributed by atoms with E-state index < -0.39 is 0 Å². The molecular formula is C19H17N3O3S. The zero-order valence-electron chi connectivity index (χ0n) is 14.1. The topological polar surface area (TPSA) is 93.8 Å². The summed E-state index contributed by atoms with van der Waals surface area (Å²) in [6.07, 6.45) is 1.66. The third kappa shape index (κ3) is 4.52. The lowest BCUT2D eigenvalue weighted by Crippen LogP contribution is -2.20. The van der Waals surface area contributed by atoms with Gasteiger partial charge in [0.1, 0.15) is 5.75 Å². The molecule has 0 aliphatic carbocycles. The predicted octanol–water partition coefficient (Wildman–Crippen LogP) is 2.94. The van der Waals surface area contributed by atoms with Gasteiger partial charge in [-0.25, -0.2) is 0 Å². The monoisotopic (exact) mass is 367 g/mol. The van der Waals surface area contributed by atoms with Crippen molar-refractivity contribution >= 4 is 40.5 Å². The molecule has 2 aromatic carbocycles. The first-order valence-corrected chi connectivity index (χ1v) is 8.69. The number of nitrogens with zero attached hydrogens (tertiary/aromatic N) is 1. The normalized spacial score (nSPS) is 15.0. The molecule has 1 aliphatic rings. The Labute approximate surface area is 155 Å². The standard InChI is InChI=1S/C19H17N3O3S/c1-12-5-4-7-14(9-12)21-17(23)11-25-15-8-3-2-6-13(15)10-16-18(24)22-19(20)26-16/h2-10H,11H2,1H3,(H,21,23)(H2,20,22,24)/b16-10-. The van der Waals surface area contributed by atoms with E-state index in [1.165, 1.54) is 0 Å². The van der Waals surface area contributed by atoms with Crippen molar-refractivity contribution in [1.29, 1.82) is 0 Å². The number of carbonyl (C=O) groups excluding carboxylic acids is 2. The number of hydrogen-bond donors (Lipinski definition) is 2. The molecule has 1 heterocycles. The van der Waals surface area contributed by atoms with E-state index in [-0.39, 0.29) is 23.6 Å². The summed E-state index contributed by atoms with van der Waals surface area (Å²) in [7, 11) is 0. The van der Waals surface area contributed by atoms with Gasteiger partial charge in [-0.3, -0.25) is 9.59 Å². The van der Waals surface area contributed by atoms with Crippen LogP contribution in [0.15, 0.2) is 58.4 Å². The van der Waals surface area contributed by atoms with E-state index in [2.05, 4.69) is 10.3 Å². The van der Waals surface area contributed by atoms with Crippen LogP contribution in [0, 0.1) is 6.92 Å². The summed E-state index contributed by atoms with van der Waals surface area (Å²) in [5.74, 6) is -0.144. The average molecular weight is 367 g/mol. The molecule has 26 heavy (non-hydrogen) atoms. The number of amidine groups is 1. The van der Waals surface area contributed by atoms with E-state index in [0.717, 1.165) is 23.0 Å². The maximum Gasteiger partial charge on any atom is 0.286 e. The number of hydrogen-bond acceptors (Lipinski definition) is 5. The molecule has 2 amide bonds. The first-order chi connectivity index (χ1) is 12.5. The quantitative estimate of drug-likeness (QED) is 0.793. The van der Waals surface area contributed by atoms with Crippen LogP contribution in [-0.2, 0) is 9.59 Å². The molecule has 6 nitrogen and oxygen atoms in total. The predicted molar refractivity (Wildman–Crippen MR) is 104 cm³/mol. The lowest BCUT2D eigenvalue weighted by molar-refractivity contribution is -0.118. The number of para-hydroxylation sites is 1. The molecule has 0 fully saturated rings. The molecule has 0 radical (unpaired) electrons. The van der Waals surface area contributed by atoms with Crippen molar-refractivity contribution in [2.75, 3.05) is 11.9 Å². The van der Waals surface area contributed by atoms with Crippen LogP contribution in [0.2, 0.25) is 0 Å². The second kappa shape index (κ2) is 7.88. The maximum atomic E-state index is 12.1. The molecule has 0 saturated heterocycles. The molecule has 2 aromatic rings. The highest BCUT2D eigenvalue weighted by atomic mass is 32.2. The van der Waals surface area contributed by atoms with Gasteiger partial charge in [-0.1, -0.05) is 30.3 Å². The fraction of sp³-hybridized carbons (Fsp3) is 0.105. The van der Waals surface area contributed by atoms with Crippen LogP contribution in [0.1, 0.15) is 11.1 Å². The molecule has 0 aromatic heterocycles. The number of aliphatic imine (C=N–C) groups is 1. The minimum Gasteiger partial charge on any atom is -0.483 e. The van der Waals surface area contributed by atoms with Crippen molar-refractivity contribution in [3.05, 3.63) is 64.6 Å². The largest absolute Gasteiger partial charge is 0.483 e. The van der Waals surface area contributed by atoms with Crippen LogP contribution in [-0.4, -0.2) is 23.6 Å². The number of rotatable bonds is 5. The molecule has 132 valence electrons. The molecule has 7 heteroatoms. The average Bonchev–Trinajstić information content (AvgIpc) is 2.91. The van der Waals surface area contributed by atoms with Crippen molar-refractivity contribution in [3.8, 4) is 5.75 Å². The Hall–Kier alpha value is -3.06. The number of nitrogens with two attached hydrogens (primary N) is 1. The van der Waals surface area contributed by atoms with Gasteiger partial charge in [0.25, 0.3) is 11.8 Å². The van der Waals surface area contributed by atoms with E-state index in [1.807, 2.05) is 37.3 Å². The van der Waals surface area contributed by atoms with Crippen LogP contribution in [0.25, 0.3) is 6.08 Å². The van der Waals surface area contributed by atoms with Gasteiger partial charge in [0.2, 0.25) is 0 Å². The van der Waals surface area contributed by atoms with Gasteiger partial charge in [0.05, 0.1) is 4.91 Å². The summed E-state index contributed by atoms with van der Waals surface area (Å²) < 4.78 is 5.63. The number of anilines is 1. The van der Waals surface area contributed by atoms with Gasteiger partial charge in [0.15, 0.2) is 11.8 Å². The summed E-state index contributed by atoms with van der Waals surface area (Å²) in [6, 6.07) is 14.7. The highest BCUT2D eigenvalue weighted by molar-refractivity contribution is 8.18. The van der Waals surface area contributed by atoms with Gasteiger partial charge in [0, 0.05) is 11.3 Å². The zero-order chi connectivity index (χ0) is 18.5. The number of ether oxygens (including phenoxy) is 1. The molecule has 0 saturated carbocycles. The number of benzene rings is 2. The van der Waals surface area contributed by atoms with Crippen molar-refractivity contribution in [2.24, 2.45) is 10.7 Å². The fourth-order valence-electron chi connectivity index (χ4n) is 2.36. The lowest BCUT2D eigenvalue weighted by Gasteiger charge is -2.10. The third-order valence-electron chi connectivity index (χ3n) is 3.50. The Morgan fingerprint density at radius 3 is 2.81 bits per heavy atom. The zero-order valence-corrected chi connectivity index (χ0v) is 14.9. The van der Waals surface area contributed by atoms with E-state index in [9.17, 15) is 9.59 Å². The number of carbonyl (C=O) groups is 2. The molecular weight excluding hydrogens is 350 g/mol. The highest BCUT2D eigenvalue weighted by Gasteiger charge is 2.20. The van der Waals surface area contributed by atoms with E-state index in [0.29, 0.717) is 16.2 Å². The smallest absolute Gasteiger partial charge is 0.286 e. The summed E-state index contributed by atoms with van der Waals surface area (Å²) in [6.45, 7) is 1.81. The van der Waals surface area contributed by atoms with Crippen LogP contribution in [0.4, 0.5) is 5.69 Å². The second-order valence-corrected chi connectivity index (χ2v) is 6.67. The molecule has 3 N–H and O–H groups in total. The van der Waals surface area contributed by atoms with Crippen molar-refractivity contribution in [2.45, 2.75) is 6.92 Å². The maximum absolute atomic E-state index is 12.1. The summed E-state index contributed by atoms with van der Waals surface area (Å²) in [4.78, 5) is 27.9. The minimum absolute atomic E-state index is 0.145. The molecule has 1 aliphatic heterocycles. The number of aryl methyl sites for hydroxylation is 1. The van der Waals surface area contributed by atoms with Crippen LogP contribution in [0.3, 0.4) is 0 Å². The summed E-state index contributed by atoms with van der Waals surface area (Å²) in [5.41, 5.74) is 8.01. The Balaban J connectivity index is 1.66. The third-order valence-corrected chi connectivity index (χ3v) is 4.32. The molecule has 0 atom stereocenters. The SMILES string of the molecule is Cc1cccc(NC(=O)COc2ccccc2/C=C2\SC(N)=NC2=O)c1. The fourth-order valence-corrected chi connectivity index (χ4v) is 3.03.